The number of hydrogen-bond acceptors (Lipinski definition) is 2. The maximum Gasteiger partial charge on any atom is 0.104 e. The normalized spacial score (nSPS) is 20.7. The van der Waals surface area contributed by atoms with Crippen LogP contribution in [0.15, 0.2) is 82.2 Å². The van der Waals surface area contributed by atoms with Crippen LogP contribution in [0.25, 0.3) is 11.1 Å². The molecule has 2 aliphatic rings. The summed E-state index contributed by atoms with van der Waals surface area (Å²) in [7, 11) is 0. The third-order valence-corrected chi connectivity index (χ3v) is 5.05. The third kappa shape index (κ3) is 2.17. The molecule has 120 valence electrons. The first-order valence-electron chi connectivity index (χ1n) is 8.47. The van der Waals surface area contributed by atoms with Crippen LogP contribution in [0.3, 0.4) is 0 Å². The molecule has 0 fully saturated rings. The Morgan fingerprint density at radius 1 is 0.625 bits per heavy atom. The first kappa shape index (κ1) is 15.1. The summed E-state index contributed by atoms with van der Waals surface area (Å²) in [5, 5.41) is 9.21. The van der Waals surface area contributed by atoms with E-state index in [2.05, 4.69) is 98.6 Å². The van der Waals surface area contributed by atoms with Crippen molar-refractivity contribution >= 4 is 11.1 Å². The summed E-state index contributed by atoms with van der Waals surface area (Å²) in [4.78, 5) is 0. The fourth-order valence-corrected chi connectivity index (χ4v) is 3.83. The maximum atomic E-state index is 4.63. The number of azo groups is 1. The monoisotopic (exact) mass is 314 g/mol. The first-order valence-corrected chi connectivity index (χ1v) is 8.47. The molecule has 0 amide bonds. The molecule has 0 saturated carbocycles. The highest BCUT2D eigenvalue weighted by atomic mass is 15.2. The Balaban J connectivity index is 1.91. The highest BCUT2D eigenvalue weighted by Crippen LogP contribution is 2.63. The molecular formula is C22H22N2. The lowest BCUT2D eigenvalue weighted by atomic mass is 9.86. The van der Waals surface area contributed by atoms with E-state index in [0.29, 0.717) is 0 Å². The van der Waals surface area contributed by atoms with Gasteiger partial charge >= 0.3 is 0 Å². The molecule has 24 heavy (non-hydrogen) atoms. The van der Waals surface area contributed by atoms with Crippen molar-refractivity contribution in [3.8, 4) is 0 Å². The van der Waals surface area contributed by atoms with Gasteiger partial charge in [-0.2, -0.15) is 10.2 Å². The molecule has 2 nitrogen and oxygen atoms in total. The lowest BCUT2D eigenvalue weighted by Gasteiger charge is -2.19. The Labute approximate surface area is 143 Å². The van der Waals surface area contributed by atoms with Gasteiger partial charge in [0.1, 0.15) is 5.54 Å². The highest BCUT2D eigenvalue weighted by Gasteiger charge is 2.50. The minimum absolute atomic E-state index is 0.0517. The molecule has 2 heteroatoms. The van der Waals surface area contributed by atoms with Gasteiger partial charge in [0, 0.05) is 11.0 Å². The highest BCUT2D eigenvalue weighted by molar-refractivity contribution is 5.97. The second kappa shape index (κ2) is 5.01. The van der Waals surface area contributed by atoms with E-state index in [1.165, 1.54) is 27.8 Å². The van der Waals surface area contributed by atoms with E-state index >= 15 is 0 Å². The quantitative estimate of drug-likeness (QED) is 0.650. The van der Waals surface area contributed by atoms with E-state index in [0.717, 1.165) is 5.70 Å². The van der Waals surface area contributed by atoms with Crippen molar-refractivity contribution in [3.05, 3.63) is 83.1 Å². The van der Waals surface area contributed by atoms with Crippen molar-refractivity contribution < 1.29 is 0 Å². The Bertz CT molecular complexity index is 882. The van der Waals surface area contributed by atoms with E-state index in [-0.39, 0.29) is 11.0 Å². The number of allylic oxidation sites excluding steroid dienone is 2. The van der Waals surface area contributed by atoms with Crippen LogP contribution >= 0.6 is 0 Å². The molecular weight excluding hydrogens is 292 g/mol. The van der Waals surface area contributed by atoms with Gasteiger partial charge < -0.3 is 0 Å². The van der Waals surface area contributed by atoms with Crippen molar-refractivity contribution in [3.63, 3.8) is 0 Å². The van der Waals surface area contributed by atoms with Crippen LogP contribution in [0.2, 0.25) is 0 Å². The average Bonchev–Trinajstić information content (AvgIpc) is 2.99. The summed E-state index contributed by atoms with van der Waals surface area (Å²) < 4.78 is 0. The predicted molar refractivity (Wildman–Crippen MR) is 99.4 cm³/mol. The molecule has 0 N–H and O–H groups in total. The lowest BCUT2D eigenvalue weighted by Crippen LogP contribution is -2.16. The Hall–Kier alpha value is -2.48. The molecule has 0 atom stereocenters. The molecule has 0 unspecified atom stereocenters. The standard InChI is InChI=1S/C22H22N2/c1-21(2)17(15-11-7-5-8-12-15)19(21)20-18(22(3,4)24-23-20)16-13-9-6-10-14-16/h5-14H,1-4H3. The maximum absolute atomic E-state index is 4.63. The van der Waals surface area contributed by atoms with Gasteiger partial charge in [-0.05, 0) is 36.1 Å². The van der Waals surface area contributed by atoms with Gasteiger partial charge in [-0.15, -0.1) is 0 Å². The lowest BCUT2D eigenvalue weighted by molar-refractivity contribution is 0.661. The van der Waals surface area contributed by atoms with Gasteiger partial charge in [0.05, 0.1) is 5.70 Å². The van der Waals surface area contributed by atoms with Crippen molar-refractivity contribution in [2.75, 3.05) is 0 Å². The molecule has 0 saturated heterocycles. The van der Waals surface area contributed by atoms with E-state index in [4.69, 9.17) is 0 Å². The van der Waals surface area contributed by atoms with Gasteiger partial charge in [0.15, 0.2) is 0 Å². The Morgan fingerprint density at radius 3 is 1.67 bits per heavy atom. The zero-order chi connectivity index (χ0) is 16.9. The Kier molecular flexibility index (Phi) is 3.14. The van der Waals surface area contributed by atoms with Gasteiger partial charge in [-0.1, -0.05) is 74.5 Å². The van der Waals surface area contributed by atoms with E-state index in [1.807, 2.05) is 0 Å². The van der Waals surface area contributed by atoms with Crippen LogP contribution < -0.4 is 0 Å². The first-order chi connectivity index (χ1) is 11.4. The van der Waals surface area contributed by atoms with E-state index in [1.54, 1.807) is 0 Å². The van der Waals surface area contributed by atoms with Gasteiger partial charge in [-0.3, -0.25) is 0 Å². The van der Waals surface area contributed by atoms with Crippen molar-refractivity contribution in [2.45, 2.75) is 33.2 Å². The van der Waals surface area contributed by atoms with Gasteiger partial charge in [0.2, 0.25) is 0 Å². The summed E-state index contributed by atoms with van der Waals surface area (Å²) in [6.45, 7) is 8.84. The van der Waals surface area contributed by atoms with E-state index < -0.39 is 0 Å². The molecule has 1 aliphatic carbocycles. The molecule has 0 radical (unpaired) electrons. The van der Waals surface area contributed by atoms with Gasteiger partial charge in [0.25, 0.3) is 0 Å². The Morgan fingerprint density at radius 2 is 1.12 bits per heavy atom. The zero-order valence-corrected chi connectivity index (χ0v) is 14.7. The summed E-state index contributed by atoms with van der Waals surface area (Å²) in [5.41, 5.74) is 7.29. The van der Waals surface area contributed by atoms with Crippen LogP contribution in [0, 0.1) is 5.41 Å². The molecule has 2 aromatic carbocycles. The van der Waals surface area contributed by atoms with Crippen LogP contribution in [0.5, 0.6) is 0 Å². The van der Waals surface area contributed by atoms with Crippen LogP contribution in [0.4, 0.5) is 0 Å². The fourth-order valence-electron chi connectivity index (χ4n) is 3.83. The fraction of sp³-hybridized carbons (Fsp3) is 0.273. The second-order valence-corrected chi connectivity index (χ2v) is 7.59. The van der Waals surface area contributed by atoms with Crippen molar-refractivity contribution in [1.82, 2.24) is 0 Å². The molecule has 0 aromatic heterocycles. The van der Waals surface area contributed by atoms with Crippen molar-refractivity contribution in [2.24, 2.45) is 15.6 Å². The molecule has 2 aromatic rings. The second-order valence-electron chi connectivity index (χ2n) is 7.59. The topological polar surface area (TPSA) is 24.7 Å². The summed E-state index contributed by atoms with van der Waals surface area (Å²) in [5.74, 6) is 0. The minimum atomic E-state index is -0.288. The smallest absolute Gasteiger partial charge is 0.104 e. The number of hydrogen-bond donors (Lipinski definition) is 0. The van der Waals surface area contributed by atoms with Gasteiger partial charge in [-0.25, -0.2) is 0 Å². The number of nitrogens with zero attached hydrogens (tertiary/aromatic N) is 2. The minimum Gasteiger partial charge on any atom is -0.178 e. The third-order valence-electron chi connectivity index (χ3n) is 5.05. The zero-order valence-electron chi connectivity index (χ0n) is 14.7. The molecule has 1 aliphatic heterocycles. The van der Waals surface area contributed by atoms with Crippen LogP contribution in [-0.2, 0) is 0 Å². The van der Waals surface area contributed by atoms with E-state index in [9.17, 15) is 0 Å². The molecule has 1 heterocycles. The largest absolute Gasteiger partial charge is 0.178 e. The number of rotatable bonds is 3. The average molecular weight is 314 g/mol. The van der Waals surface area contributed by atoms with Crippen LogP contribution in [-0.4, -0.2) is 5.54 Å². The summed E-state index contributed by atoms with van der Waals surface area (Å²) >= 11 is 0. The SMILES string of the molecule is CC1(C)N=NC(C2=C(c3ccccc3)C2(C)C)=C1c1ccccc1. The van der Waals surface area contributed by atoms with Crippen LogP contribution in [0.1, 0.15) is 38.8 Å². The molecule has 4 rings (SSSR count). The predicted octanol–water partition coefficient (Wildman–Crippen LogP) is 6.14. The summed E-state index contributed by atoms with van der Waals surface area (Å²) in [6, 6.07) is 21.2. The molecule has 0 spiro atoms. The number of benzene rings is 2. The summed E-state index contributed by atoms with van der Waals surface area (Å²) in [6.07, 6.45) is 0. The molecule has 0 bridgehead atoms. The van der Waals surface area contributed by atoms with Crippen molar-refractivity contribution in [1.29, 1.82) is 0 Å².